The number of likely N-dealkylation sites (tertiary alicyclic amines) is 1. The Labute approximate surface area is 146 Å². The molecule has 1 saturated heterocycles. The Morgan fingerprint density at radius 2 is 2.04 bits per heavy atom. The van der Waals surface area contributed by atoms with E-state index >= 15 is 0 Å². The number of likely N-dealkylation sites (N-methyl/N-ethyl adjacent to an activating group) is 1. The summed E-state index contributed by atoms with van der Waals surface area (Å²) in [7, 11) is 1.89. The molecule has 0 bridgehead atoms. The molecule has 1 aliphatic heterocycles. The number of nitrogens with one attached hydrogen (secondary N) is 1. The van der Waals surface area contributed by atoms with Crippen molar-refractivity contribution in [3.05, 3.63) is 35.9 Å². The van der Waals surface area contributed by atoms with Gasteiger partial charge in [0.1, 0.15) is 11.3 Å². The Bertz CT molecular complexity index is 686. The number of carbonyl (C=O) groups is 1. The third-order valence-electron chi connectivity index (χ3n) is 3.89. The summed E-state index contributed by atoms with van der Waals surface area (Å²) in [6.07, 6.45) is 5.00. The zero-order chi connectivity index (χ0) is 14.8. The molecule has 1 fully saturated rings. The van der Waals surface area contributed by atoms with E-state index in [-0.39, 0.29) is 42.3 Å². The highest BCUT2D eigenvalue weighted by atomic mass is 35.5. The molecule has 0 radical (unpaired) electrons. The molecule has 1 aromatic carbocycles. The number of aromatic nitrogens is 2. The number of rotatable bonds is 2. The average Bonchev–Trinajstić information content (AvgIpc) is 2.53. The van der Waals surface area contributed by atoms with Crippen molar-refractivity contribution in [1.82, 2.24) is 20.2 Å². The Morgan fingerprint density at radius 1 is 1.30 bits per heavy atom. The van der Waals surface area contributed by atoms with Crippen LogP contribution in [-0.4, -0.2) is 47.0 Å². The van der Waals surface area contributed by atoms with Crippen LogP contribution in [0, 0.1) is 5.82 Å². The molecule has 1 amide bonds. The van der Waals surface area contributed by atoms with Crippen LogP contribution in [0.4, 0.5) is 4.39 Å². The second-order valence-electron chi connectivity index (χ2n) is 5.26. The maximum absolute atomic E-state index is 13.7. The van der Waals surface area contributed by atoms with E-state index in [0.29, 0.717) is 24.1 Å². The minimum Gasteiger partial charge on any atom is -0.337 e. The predicted octanol–water partition coefficient (Wildman–Crippen LogP) is 2.44. The predicted molar refractivity (Wildman–Crippen MR) is 92.0 cm³/mol. The number of benzene rings is 1. The van der Waals surface area contributed by atoms with Gasteiger partial charge >= 0.3 is 0 Å². The summed E-state index contributed by atoms with van der Waals surface area (Å²) < 4.78 is 13.7. The van der Waals surface area contributed by atoms with E-state index in [2.05, 4.69) is 15.3 Å². The fourth-order valence-corrected chi connectivity index (χ4v) is 2.77. The molecule has 0 saturated carbocycles. The lowest BCUT2D eigenvalue weighted by molar-refractivity contribution is 0.0699. The van der Waals surface area contributed by atoms with E-state index in [0.717, 1.165) is 12.8 Å². The standard InChI is InChI=1S/C15H17FN4O.2ClH/c1-17-11-3-2-6-20(9-11)15(21)12-7-10(16)8-13-14(12)19-5-4-18-13;;/h4-5,7-8,11,17H,2-3,6,9H2,1H3;2*1H. The van der Waals surface area contributed by atoms with Gasteiger partial charge in [-0.2, -0.15) is 0 Å². The molecule has 5 nitrogen and oxygen atoms in total. The summed E-state index contributed by atoms with van der Waals surface area (Å²) in [5.74, 6) is -0.645. The topological polar surface area (TPSA) is 58.1 Å². The molecule has 1 aliphatic rings. The first-order chi connectivity index (χ1) is 10.2. The Hall–Kier alpha value is -1.50. The van der Waals surface area contributed by atoms with E-state index in [1.807, 2.05) is 7.05 Å². The molecule has 1 atom stereocenters. The summed E-state index contributed by atoms with van der Waals surface area (Å²) in [6, 6.07) is 2.84. The van der Waals surface area contributed by atoms with Gasteiger partial charge in [0, 0.05) is 37.6 Å². The maximum Gasteiger partial charge on any atom is 0.256 e. The van der Waals surface area contributed by atoms with Crippen molar-refractivity contribution in [3.8, 4) is 0 Å². The fraction of sp³-hybridized carbons (Fsp3) is 0.400. The van der Waals surface area contributed by atoms with Crippen molar-refractivity contribution in [2.75, 3.05) is 20.1 Å². The molecule has 1 aromatic heterocycles. The van der Waals surface area contributed by atoms with Crippen molar-refractivity contribution in [2.24, 2.45) is 0 Å². The first-order valence-corrected chi connectivity index (χ1v) is 7.06. The van der Waals surface area contributed by atoms with E-state index < -0.39 is 5.82 Å². The SMILES string of the molecule is CNC1CCCN(C(=O)c2cc(F)cc3nccnc23)C1.Cl.Cl. The normalized spacial score (nSPS) is 17.3. The quantitative estimate of drug-likeness (QED) is 0.893. The van der Waals surface area contributed by atoms with Crippen molar-refractivity contribution in [1.29, 1.82) is 0 Å². The van der Waals surface area contributed by atoms with E-state index in [9.17, 15) is 9.18 Å². The smallest absolute Gasteiger partial charge is 0.256 e. The summed E-state index contributed by atoms with van der Waals surface area (Å²) in [5.41, 5.74) is 1.15. The summed E-state index contributed by atoms with van der Waals surface area (Å²) >= 11 is 0. The number of fused-ring (bicyclic) bond motifs is 1. The second-order valence-corrected chi connectivity index (χ2v) is 5.26. The van der Waals surface area contributed by atoms with Crippen LogP contribution in [0.5, 0.6) is 0 Å². The van der Waals surface area contributed by atoms with Gasteiger partial charge in [-0.1, -0.05) is 0 Å². The van der Waals surface area contributed by atoms with Gasteiger partial charge in [-0.15, -0.1) is 24.8 Å². The lowest BCUT2D eigenvalue weighted by Gasteiger charge is -2.32. The molecular formula is C15H19Cl2FN4O. The Morgan fingerprint density at radius 3 is 2.78 bits per heavy atom. The first kappa shape index (κ1) is 19.5. The van der Waals surface area contributed by atoms with Gasteiger partial charge in [0.15, 0.2) is 0 Å². The highest BCUT2D eigenvalue weighted by Gasteiger charge is 2.25. The van der Waals surface area contributed by atoms with Crippen LogP contribution >= 0.6 is 24.8 Å². The second kappa shape index (κ2) is 8.38. The number of halogens is 3. The highest BCUT2D eigenvalue weighted by Crippen LogP contribution is 2.20. The zero-order valence-corrected chi connectivity index (χ0v) is 14.3. The van der Waals surface area contributed by atoms with Crippen LogP contribution in [0.15, 0.2) is 24.5 Å². The van der Waals surface area contributed by atoms with Gasteiger partial charge < -0.3 is 10.2 Å². The number of piperidine rings is 1. The number of nitrogens with zero attached hydrogens (tertiary/aromatic N) is 3. The summed E-state index contributed by atoms with van der Waals surface area (Å²) in [6.45, 7) is 1.32. The lowest BCUT2D eigenvalue weighted by Crippen LogP contribution is -2.47. The van der Waals surface area contributed by atoms with Gasteiger partial charge in [0.2, 0.25) is 0 Å². The number of carbonyl (C=O) groups excluding carboxylic acids is 1. The van der Waals surface area contributed by atoms with Crippen molar-refractivity contribution >= 4 is 41.8 Å². The average molecular weight is 361 g/mol. The number of hydrogen-bond donors (Lipinski definition) is 1. The first-order valence-electron chi connectivity index (χ1n) is 7.06. The molecule has 1 unspecified atom stereocenters. The molecule has 126 valence electrons. The van der Waals surface area contributed by atoms with Gasteiger partial charge in [-0.05, 0) is 26.0 Å². The molecule has 2 heterocycles. The highest BCUT2D eigenvalue weighted by molar-refractivity contribution is 6.04. The van der Waals surface area contributed by atoms with Crippen LogP contribution in [0.1, 0.15) is 23.2 Å². The van der Waals surface area contributed by atoms with Crippen LogP contribution in [0.3, 0.4) is 0 Å². The fourth-order valence-electron chi connectivity index (χ4n) is 2.77. The van der Waals surface area contributed by atoms with E-state index in [4.69, 9.17) is 0 Å². The monoisotopic (exact) mass is 360 g/mol. The molecule has 0 aliphatic carbocycles. The molecule has 8 heteroatoms. The van der Waals surface area contributed by atoms with Gasteiger partial charge in [0.05, 0.1) is 11.1 Å². The maximum atomic E-state index is 13.7. The molecule has 23 heavy (non-hydrogen) atoms. The number of hydrogen-bond acceptors (Lipinski definition) is 4. The van der Waals surface area contributed by atoms with Crippen LogP contribution in [0.25, 0.3) is 11.0 Å². The molecular weight excluding hydrogens is 342 g/mol. The molecule has 1 N–H and O–H groups in total. The van der Waals surface area contributed by atoms with Crippen molar-refractivity contribution in [3.63, 3.8) is 0 Å². The van der Waals surface area contributed by atoms with Gasteiger partial charge in [0.25, 0.3) is 5.91 Å². The van der Waals surface area contributed by atoms with Crippen molar-refractivity contribution < 1.29 is 9.18 Å². The third kappa shape index (κ3) is 4.07. The van der Waals surface area contributed by atoms with Gasteiger partial charge in [-0.25, -0.2) is 4.39 Å². The largest absolute Gasteiger partial charge is 0.337 e. The van der Waals surface area contributed by atoms with Crippen LogP contribution in [0.2, 0.25) is 0 Å². The van der Waals surface area contributed by atoms with Gasteiger partial charge in [-0.3, -0.25) is 14.8 Å². The number of amides is 1. The Kier molecular flexibility index (Phi) is 7.12. The zero-order valence-electron chi connectivity index (χ0n) is 12.7. The van der Waals surface area contributed by atoms with Crippen LogP contribution in [-0.2, 0) is 0 Å². The van der Waals surface area contributed by atoms with E-state index in [1.54, 1.807) is 4.90 Å². The lowest BCUT2D eigenvalue weighted by atomic mass is 10.0. The molecule has 2 aromatic rings. The third-order valence-corrected chi connectivity index (χ3v) is 3.89. The Balaban J connectivity index is 0.00000132. The summed E-state index contributed by atoms with van der Waals surface area (Å²) in [4.78, 5) is 22.7. The minimum absolute atomic E-state index is 0. The van der Waals surface area contributed by atoms with Crippen molar-refractivity contribution in [2.45, 2.75) is 18.9 Å². The summed E-state index contributed by atoms with van der Waals surface area (Å²) in [5, 5.41) is 3.19. The van der Waals surface area contributed by atoms with Crippen LogP contribution < -0.4 is 5.32 Å². The van der Waals surface area contributed by atoms with E-state index in [1.165, 1.54) is 24.5 Å². The molecule has 0 spiro atoms. The minimum atomic E-state index is -0.464. The molecule has 3 rings (SSSR count).